The number of carbonyl (C=O) groups is 1. The molecule has 0 fully saturated rings. The number of methoxy groups -OCH3 is 2. The Kier molecular flexibility index (Phi) is 5.34. The van der Waals surface area contributed by atoms with Gasteiger partial charge in [0.2, 0.25) is 0 Å². The summed E-state index contributed by atoms with van der Waals surface area (Å²) in [6.45, 7) is 3.64. The van der Waals surface area contributed by atoms with Crippen LogP contribution in [0.3, 0.4) is 0 Å². The molecule has 0 unspecified atom stereocenters. The van der Waals surface area contributed by atoms with Crippen LogP contribution in [0.1, 0.15) is 21.5 Å². The van der Waals surface area contributed by atoms with Gasteiger partial charge in [-0.15, -0.1) is 0 Å². The largest absolute Gasteiger partial charge is 0.497 e. The lowest BCUT2D eigenvalue weighted by molar-refractivity contribution is 0.0953. The van der Waals surface area contributed by atoms with Crippen molar-refractivity contribution in [2.45, 2.75) is 18.7 Å². The molecule has 0 aliphatic carbocycles. The Morgan fingerprint density at radius 1 is 0.931 bits per heavy atom. The number of ether oxygens (including phenoxy) is 2. The van der Waals surface area contributed by atoms with Crippen LogP contribution in [0.2, 0.25) is 0 Å². The first-order chi connectivity index (χ1) is 13.7. The van der Waals surface area contributed by atoms with Crippen molar-refractivity contribution in [2.24, 2.45) is 0 Å². The van der Waals surface area contributed by atoms with Gasteiger partial charge in [0.1, 0.15) is 11.5 Å². The predicted octanol–water partition coefficient (Wildman–Crippen LogP) is 2.21. The Morgan fingerprint density at radius 2 is 1.66 bits per heavy atom. The van der Waals surface area contributed by atoms with Gasteiger partial charge in [0.05, 0.1) is 24.7 Å². The van der Waals surface area contributed by atoms with Crippen LogP contribution in [-0.2, 0) is 10.0 Å². The molecule has 152 valence electrons. The quantitative estimate of drug-likeness (QED) is 0.633. The highest BCUT2D eigenvalue weighted by molar-refractivity contribution is 7.90. The molecule has 1 heterocycles. The summed E-state index contributed by atoms with van der Waals surface area (Å²) in [5.74, 6) is -0.0461. The summed E-state index contributed by atoms with van der Waals surface area (Å²) in [4.78, 5) is 25.6. The number of hydrogen-bond donors (Lipinski definition) is 0. The summed E-state index contributed by atoms with van der Waals surface area (Å²) in [6.07, 6.45) is 2.17. The molecule has 0 atom stereocenters. The molecule has 3 aromatic rings. The molecule has 3 rings (SSSR count). The maximum Gasteiger partial charge on any atom is 0.349 e. The van der Waals surface area contributed by atoms with Crippen LogP contribution in [0.25, 0.3) is 0 Å². The van der Waals surface area contributed by atoms with Crippen molar-refractivity contribution in [3.63, 3.8) is 0 Å². The van der Waals surface area contributed by atoms with E-state index in [2.05, 4.69) is 0 Å². The minimum Gasteiger partial charge on any atom is -0.497 e. The zero-order chi connectivity index (χ0) is 21.3. The van der Waals surface area contributed by atoms with Crippen molar-refractivity contribution in [1.82, 2.24) is 8.54 Å². The van der Waals surface area contributed by atoms with E-state index in [9.17, 15) is 18.0 Å². The van der Waals surface area contributed by atoms with Gasteiger partial charge in [-0.2, -0.15) is 3.97 Å². The van der Waals surface area contributed by atoms with Gasteiger partial charge in [-0.3, -0.25) is 4.79 Å². The van der Waals surface area contributed by atoms with Crippen molar-refractivity contribution in [1.29, 1.82) is 0 Å². The second-order valence-corrected chi connectivity index (χ2v) is 8.18. The number of hydrogen-bond acceptors (Lipinski definition) is 6. The molecule has 8 nitrogen and oxygen atoms in total. The fourth-order valence-corrected chi connectivity index (χ4v) is 4.09. The summed E-state index contributed by atoms with van der Waals surface area (Å²) in [7, 11) is -1.30. The lowest BCUT2D eigenvalue weighted by atomic mass is 10.1. The summed E-state index contributed by atoms with van der Waals surface area (Å²) in [5, 5.41) is 0. The number of aromatic nitrogens is 2. The van der Waals surface area contributed by atoms with Crippen molar-refractivity contribution < 1.29 is 22.7 Å². The van der Waals surface area contributed by atoms with E-state index in [1.165, 1.54) is 38.5 Å². The van der Waals surface area contributed by atoms with Crippen molar-refractivity contribution in [2.75, 3.05) is 14.2 Å². The average molecular weight is 416 g/mol. The number of carbonyl (C=O) groups excluding carboxylic acids is 1. The Morgan fingerprint density at radius 3 is 2.28 bits per heavy atom. The van der Waals surface area contributed by atoms with Crippen LogP contribution in [0.5, 0.6) is 11.5 Å². The Labute approximate surface area is 168 Å². The van der Waals surface area contributed by atoms with E-state index in [0.29, 0.717) is 9.72 Å². The van der Waals surface area contributed by atoms with E-state index in [-0.39, 0.29) is 16.2 Å². The minimum atomic E-state index is -4.15. The molecule has 0 saturated heterocycles. The number of nitrogens with zero attached hydrogens (tertiary/aromatic N) is 2. The monoisotopic (exact) mass is 416 g/mol. The van der Waals surface area contributed by atoms with Gasteiger partial charge in [0.15, 0.2) is 0 Å². The molecule has 0 bridgehead atoms. The number of imidazole rings is 1. The fraction of sp³-hybridized carbons (Fsp3) is 0.200. The van der Waals surface area contributed by atoms with Crippen LogP contribution in [0.4, 0.5) is 0 Å². The van der Waals surface area contributed by atoms with E-state index in [4.69, 9.17) is 9.47 Å². The van der Waals surface area contributed by atoms with E-state index >= 15 is 0 Å². The van der Waals surface area contributed by atoms with Gasteiger partial charge in [0, 0.05) is 18.5 Å². The smallest absolute Gasteiger partial charge is 0.349 e. The van der Waals surface area contributed by atoms with Crippen molar-refractivity contribution >= 4 is 15.9 Å². The number of benzene rings is 2. The molecule has 0 radical (unpaired) electrons. The SMILES string of the molecule is COc1ccc(C(=O)n2ccn(S(=O)(=O)c3ccc(C)c(C)c3)c2=O)c(OC)c1. The Balaban J connectivity index is 2.07. The van der Waals surface area contributed by atoms with Crippen LogP contribution < -0.4 is 15.2 Å². The van der Waals surface area contributed by atoms with Crippen molar-refractivity contribution in [3.8, 4) is 11.5 Å². The van der Waals surface area contributed by atoms with Gasteiger partial charge < -0.3 is 9.47 Å². The molecule has 1 aromatic heterocycles. The van der Waals surface area contributed by atoms with Crippen LogP contribution >= 0.6 is 0 Å². The van der Waals surface area contributed by atoms with Crippen LogP contribution in [0, 0.1) is 13.8 Å². The molecule has 9 heteroatoms. The molecule has 0 amide bonds. The first kappa shape index (κ1) is 20.4. The highest BCUT2D eigenvalue weighted by Crippen LogP contribution is 2.25. The van der Waals surface area contributed by atoms with E-state index < -0.39 is 21.6 Å². The lowest BCUT2D eigenvalue weighted by Crippen LogP contribution is -2.32. The molecule has 0 N–H and O–H groups in total. The maximum absolute atomic E-state index is 12.9. The highest BCUT2D eigenvalue weighted by atomic mass is 32.2. The summed E-state index contributed by atoms with van der Waals surface area (Å²) in [6, 6.07) is 9.07. The van der Waals surface area contributed by atoms with E-state index in [1.807, 2.05) is 6.92 Å². The maximum atomic E-state index is 12.9. The molecular weight excluding hydrogens is 396 g/mol. The average Bonchev–Trinajstić information content (AvgIpc) is 3.10. The van der Waals surface area contributed by atoms with Gasteiger partial charge in [-0.25, -0.2) is 17.8 Å². The molecule has 0 aliphatic rings. The summed E-state index contributed by atoms with van der Waals surface area (Å²) in [5.41, 5.74) is 0.802. The van der Waals surface area contributed by atoms with Gasteiger partial charge >= 0.3 is 5.69 Å². The topological polar surface area (TPSA) is 96.6 Å². The van der Waals surface area contributed by atoms with Gasteiger partial charge in [-0.05, 0) is 49.2 Å². The molecular formula is C20H20N2O6S. The van der Waals surface area contributed by atoms with Crippen LogP contribution in [0.15, 0.2) is 58.5 Å². The second-order valence-electron chi connectivity index (χ2n) is 6.37. The van der Waals surface area contributed by atoms with E-state index in [1.54, 1.807) is 19.1 Å². The zero-order valence-corrected chi connectivity index (χ0v) is 17.2. The predicted molar refractivity (Wildman–Crippen MR) is 106 cm³/mol. The molecule has 0 spiro atoms. The minimum absolute atomic E-state index is 0.0325. The first-order valence-corrected chi connectivity index (χ1v) is 10.0. The lowest BCUT2D eigenvalue weighted by Gasteiger charge is -2.09. The number of rotatable bonds is 5. The summed E-state index contributed by atoms with van der Waals surface area (Å²) < 4.78 is 37.4. The van der Waals surface area contributed by atoms with Crippen LogP contribution in [-0.4, -0.2) is 37.1 Å². The third-order valence-corrected chi connectivity index (χ3v) is 6.28. The fourth-order valence-electron chi connectivity index (χ4n) is 2.79. The molecule has 0 saturated carbocycles. The third kappa shape index (κ3) is 3.56. The first-order valence-electron chi connectivity index (χ1n) is 8.60. The van der Waals surface area contributed by atoms with Gasteiger partial charge in [-0.1, -0.05) is 6.07 Å². The van der Waals surface area contributed by atoms with Crippen molar-refractivity contribution in [3.05, 3.63) is 76.0 Å². The number of aryl methyl sites for hydroxylation is 2. The Bertz CT molecular complexity index is 1250. The third-order valence-electron chi connectivity index (χ3n) is 4.64. The Hall–Kier alpha value is -3.33. The normalized spacial score (nSPS) is 11.3. The standard InChI is InChI=1S/C20H20N2O6S/c1-13-5-7-16(11-14(13)2)29(25,26)22-10-9-21(20(22)24)19(23)17-8-6-15(27-3)12-18(17)28-4/h5-12H,1-4H3. The summed E-state index contributed by atoms with van der Waals surface area (Å²) >= 11 is 0. The molecule has 29 heavy (non-hydrogen) atoms. The second kappa shape index (κ2) is 7.59. The van der Waals surface area contributed by atoms with Gasteiger partial charge in [0.25, 0.3) is 15.9 Å². The molecule has 0 aliphatic heterocycles. The van der Waals surface area contributed by atoms with E-state index in [0.717, 1.165) is 28.1 Å². The zero-order valence-electron chi connectivity index (χ0n) is 16.4. The molecule has 2 aromatic carbocycles. The highest BCUT2D eigenvalue weighted by Gasteiger charge is 2.24.